The van der Waals surface area contributed by atoms with E-state index < -0.39 is 12.1 Å². The summed E-state index contributed by atoms with van der Waals surface area (Å²) < 4.78 is 10.7. The van der Waals surface area contributed by atoms with Crippen LogP contribution in [-0.2, 0) is 4.79 Å². The zero-order valence-electron chi connectivity index (χ0n) is 18.9. The van der Waals surface area contributed by atoms with Gasteiger partial charge in [0, 0.05) is 5.56 Å². The van der Waals surface area contributed by atoms with Crippen molar-refractivity contribution in [2.75, 3.05) is 7.11 Å². The molecule has 0 saturated heterocycles. The number of amides is 2. The monoisotopic (exact) mass is 436 g/mol. The zero-order chi connectivity index (χ0) is 23.3. The number of hydrogen-bond acceptors (Lipinski definition) is 6. The van der Waals surface area contributed by atoms with Crippen LogP contribution in [0, 0.1) is 12.8 Å². The Morgan fingerprint density at radius 1 is 1.03 bits per heavy atom. The summed E-state index contributed by atoms with van der Waals surface area (Å²) in [5, 5.41) is 9.70. The van der Waals surface area contributed by atoms with E-state index in [1.54, 1.807) is 32.2 Å². The fourth-order valence-corrected chi connectivity index (χ4v) is 3.26. The molecule has 0 spiro atoms. The van der Waals surface area contributed by atoms with Crippen LogP contribution in [-0.4, -0.2) is 35.1 Å². The fourth-order valence-electron chi connectivity index (χ4n) is 3.26. The molecule has 0 bridgehead atoms. The van der Waals surface area contributed by atoms with Crippen LogP contribution in [0.5, 0.6) is 5.75 Å². The number of methoxy groups -OCH3 is 1. The van der Waals surface area contributed by atoms with Crippen LogP contribution >= 0.6 is 0 Å². The van der Waals surface area contributed by atoms with E-state index in [4.69, 9.17) is 9.26 Å². The van der Waals surface area contributed by atoms with E-state index in [1.165, 1.54) is 0 Å². The molecule has 2 amide bonds. The number of carbonyl (C=O) groups is 2. The van der Waals surface area contributed by atoms with Crippen LogP contribution in [0.15, 0.2) is 53.1 Å². The quantitative estimate of drug-likeness (QED) is 0.558. The van der Waals surface area contributed by atoms with Crippen molar-refractivity contribution in [2.45, 2.75) is 39.8 Å². The minimum Gasteiger partial charge on any atom is -0.496 e. The molecule has 1 aromatic heterocycles. The maximum atomic E-state index is 12.9. The Kier molecular flexibility index (Phi) is 7.25. The standard InChI is InChI=1S/C24H28N4O4/c1-14(2)20(26-22(29)17-10-8-9-15(3)13-17)23(30)25-16(4)24-27-21(28-32-24)18-11-6-7-12-19(18)31-5/h6-14,16,20H,1-5H3,(H,25,30)(H,26,29)/t16-,20-/m1/s1. The molecule has 3 rings (SSSR count). The fraction of sp³-hybridized carbons (Fsp3) is 0.333. The van der Waals surface area contributed by atoms with Crippen molar-refractivity contribution in [3.8, 4) is 17.1 Å². The van der Waals surface area contributed by atoms with Gasteiger partial charge in [0.1, 0.15) is 17.8 Å². The van der Waals surface area contributed by atoms with Crippen molar-refractivity contribution < 1.29 is 18.8 Å². The number of benzene rings is 2. The summed E-state index contributed by atoms with van der Waals surface area (Å²) in [6.07, 6.45) is 0. The molecule has 0 aliphatic heterocycles. The van der Waals surface area contributed by atoms with Crippen LogP contribution < -0.4 is 15.4 Å². The minimum absolute atomic E-state index is 0.122. The molecule has 2 atom stereocenters. The van der Waals surface area contributed by atoms with Gasteiger partial charge in [0.25, 0.3) is 5.91 Å². The Bertz CT molecular complexity index is 1090. The zero-order valence-corrected chi connectivity index (χ0v) is 18.9. The largest absolute Gasteiger partial charge is 0.496 e. The molecule has 2 aromatic carbocycles. The predicted molar refractivity (Wildman–Crippen MR) is 120 cm³/mol. The van der Waals surface area contributed by atoms with Gasteiger partial charge < -0.3 is 19.9 Å². The highest BCUT2D eigenvalue weighted by atomic mass is 16.5. The van der Waals surface area contributed by atoms with E-state index >= 15 is 0 Å². The second kappa shape index (κ2) is 10.1. The van der Waals surface area contributed by atoms with Crippen molar-refractivity contribution in [1.82, 2.24) is 20.8 Å². The van der Waals surface area contributed by atoms with Gasteiger partial charge in [-0.2, -0.15) is 4.98 Å². The molecule has 3 aromatic rings. The molecule has 0 fully saturated rings. The van der Waals surface area contributed by atoms with Gasteiger partial charge in [-0.3, -0.25) is 9.59 Å². The van der Waals surface area contributed by atoms with Gasteiger partial charge in [-0.15, -0.1) is 0 Å². The molecule has 1 heterocycles. The van der Waals surface area contributed by atoms with Gasteiger partial charge in [0.05, 0.1) is 12.7 Å². The first-order chi connectivity index (χ1) is 15.3. The van der Waals surface area contributed by atoms with Gasteiger partial charge in [-0.05, 0) is 44.0 Å². The Morgan fingerprint density at radius 3 is 2.47 bits per heavy atom. The van der Waals surface area contributed by atoms with E-state index in [9.17, 15) is 9.59 Å². The molecule has 0 saturated carbocycles. The van der Waals surface area contributed by atoms with Crippen LogP contribution in [0.25, 0.3) is 11.4 Å². The Balaban J connectivity index is 1.70. The van der Waals surface area contributed by atoms with E-state index in [-0.39, 0.29) is 23.6 Å². The van der Waals surface area contributed by atoms with E-state index in [1.807, 2.05) is 51.1 Å². The molecule has 8 nitrogen and oxygen atoms in total. The number of hydrogen-bond donors (Lipinski definition) is 2. The lowest BCUT2D eigenvalue weighted by molar-refractivity contribution is -0.124. The summed E-state index contributed by atoms with van der Waals surface area (Å²) in [5.41, 5.74) is 2.17. The molecule has 8 heteroatoms. The Hall–Kier alpha value is -3.68. The number of para-hydroxylation sites is 1. The van der Waals surface area contributed by atoms with Crippen LogP contribution in [0.1, 0.15) is 48.6 Å². The number of nitrogens with one attached hydrogen (secondary N) is 2. The van der Waals surface area contributed by atoms with E-state index in [2.05, 4.69) is 20.8 Å². The van der Waals surface area contributed by atoms with Gasteiger partial charge >= 0.3 is 0 Å². The number of aryl methyl sites for hydroxylation is 1. The topological polar surface area (TPSA) is 106 Å². The molecule has 0 unspecified atom stereocenters. The maximum absolute atomic E-state index is 12.9. The van der Waals surface area contributed by atoms with Gasteiger partial charge in [0.15, 0.2) is 0 Å². The van der Waals surface area contributed by atoms with E-state index in [0.717, 1.165) is 5.56 Å². The highest BCUT2D eigenvalue weighted by molar-refractivity contribution is 5.97. The van der Waals surface area contributed by atoms with Crippen molar-refractivity contribution >= 4 is 11.8 Å². The van der Waals surface area contributed by atoms with Crippen molar-refractivity contribution in [3.63, 3.8) is 0 Å². The number of aromatic nitrogens is 2. The number of rotatable bonds is 8. The van der Waals surface area contributed by atoms with Crippen LogP contribution in [0.2, 0.25) is 0 Å². The third kappa shape index (κ3) is 5.32. The molecule has 0 radical (unpaired) electrons. The van der Waals surface area contributed by atoms with Crippen LogP contribution in [0.3, 0.4) is 0 Å². The first-order valence-corrected chi connectivity index (χ1v) is 10.4. The van der Waals surface area contributed by atoms with Crippen molar-refractivity contribution in [2.24, 2.45) is 5.92 Å². The molecular weight excluding hydrogens is 408 g/mol. The molecule has 0 aliphatic rings. The van der Waals surface area contributed by atoms with Crippen LogP contribution in [0.4, 0.5) is 0 Å². The first kappa shape index (κ1) is 23.0. The molecular formula is C24H28N4O4. The highest BCUT2D eigenvalue weighted by Crippen LogP contribution is 2.28. The lowest BCUT2D eigenvalue weighted by atomic mass is 10.0. The highest BCUT2D eigenvalue weighted by Gasteiger charge is 2.27. The van der Waals surface area contributed by atoms with Gasteiger partial charge in [0.2, 0.25) is 17.6 Å². The summed E-state index contributed by atoms with van der Waals surface area (Å²) in [6.45, 7) is 7.40. The Morgan fingerprint density at radius 2 is 1.78 bits per heavy atom. The summed E-state index contributed by atoms with van der Waals surface area (Å²) >= 11 is 0. The SMILES string of the molecule is COc1ccccc1-c1noc([C@@H](C)NC(=O)[C@H](NC(=O)c2cccc(C)c2)C(C)C)n1. The predicted octanol–water partition coefficient (Wildman–Crippen LogP) is 3.69. The smallest absolute Gasteiger partial charge is 0.251 e. The summed E-state index contributed by atoms with van der Waals surface area (Å²) in [6, 6.07) is 13.3. The summed E-state index contributed by atoms with van der Waals surface area (Å²) in [7, 11) is 1.57. The third-order valence-corrected chi connectivity index (χ3v) is 5.03. The Labute approximate surface area is 187 Å². The molecule has 32 heavy (non-hydrogen) atoms. The lowest BCUT2D eigenvalue weighted by Gasteiger charge is -2.23. The minimum atomic E-state index is -0.720. The average Bonchev–Trinajstić information content (AvgIpc) is 3.27. The number of ether oxygens (including phenoxy) is 1. The molecule has 168 valence electrons. The second-order valence-electron chi connectivity index (χ2n) is 7.95. The summed E-state index contributed by atoms with van der Waals surface area (Å²) in [5.74, 6) is 0.494. The second-order valence-corrected chi connectivity index (χ2v) is 7.95. The van der Waals surface area contributed by atoms with Crippen molar-refractivity contribution in [1.29, 1.82) is 0 Å². The average molecular weight is 437 g/mol. The normalized spacial score (nSPS) is 12.8. The first-order valence-electron chi connectivity index (χ1n) is 10.4. The molecule has 2 N–H and O–H groups in total. The third-order valence-electron chi connectivity index (χ3n) is 5.03. The lowest BCUT2D eigenvalue weighted by Crippen LogP contribution is -2.50. The van der Waals surface area contributed by atoms with Gasteiger partial charge in [-0.25, -0.2) is 0 Å². The number of nitrogens with zero attached hydrogens (tertiary/aromatic N) is 2. The number of carbonyl (C=O) groups excluding carboxylic acids is 2. The van der Waals surface area contributed by atoms with Gasteiger partial charge in [-0.1, -0.05) is 48.8 Å². The summed E-state index contributed by atoms with van der Waals surface area (Å²) in [4.78, 5) is 30.0. The maximum Gasteiger partial charge on any atom is 0.251 e. The van der Waals surface area contributed by atoms with E-state index in [0.29, 0.717) is 22.7 Å². The van der Waals surface area contributed by atoms with Crippen molar-refractivity contribution in [3.05, 3.63) is 65.5 Å². The molecule has 0 aliphatic carbocycles.